The zero-order valence-corrected chi connectivity index (χ0v) is 12.2. The molecule has 0 aliphatic carbocycles. The lowest BCUT2D eigenvalue weighted by Gasteiger charge is -2.31. The summed E-state index contributed by atoms with van der Waals surface area (Å²) in [6.45, 7) is 2.00. The molecular formula is C13H19NO8. The van der Waals surface area contributed by atoms with Crippen LogP contribution in [0.5, 0.6) is 0 Å². The van der Waals surface area contributed by atoms with Crippen LogP contribution in [0.3, 0.4) is 0 Å². The van der Waals surface area contributed by atoms with E-state index in [1.807, 2.05) is 0 Å². The lowest BCUT2D eigenvalue weighted by atomic mass is 9.73. The third-order valence-corrected chi connectivity index (χ3v) is 3.75. The van der Waals surface area contributed by atoms with Crippen LogP contribution in [0, 0.1) is 11.3 Å². The molecule has 9 heteroatoms. The molecule has 0 saturated carbocycles. The van der Waals surface area contributed by atoms with Crippen molar-refractivity contribution in [2.24, 2.45) is 11.3 Å². The molecular weight excluding hydrogens is 298 g/mol. The number of piperidine rings is 1. The highest BCUT2D eigenvalue weighted by Crippen LogP contribution is 2.34. The van der Waals surface area contributed by atoms with Gasteiger partial charge in [-0.2, -0.15) is 0 Å². The minimum Gasteiger partial charge on any atom is -0.481 e. The highest BCUT2D eigenvalue weighted by Gasteiger charge is 2.63. The molecule has 1 atom stereocenters. The number of hydrogen-bond donors (Lipinski definition) is 3. The zero-order chi connectivity index (χ0) is 16.9. The van der Waals surface area contributed by atoms with Crippen LogP contribution in [0.25, 0.3) is 0 Å². The summed E-state index contributed by atoms with van der Waals surface area (Å²) in [7, 11) is 0. The molecule has 1 saturated heterocycles. The van der Waals surface area contributed by atoms with Gasteiger partial charge in [0.15, 0.2) is 0 Å². The van der Waals surface area contributed by atoms with Gasteiger partial charge in [-0.05, 0) is 19.3 Å². The molecule has 9 nitrogen and oxygen atoms in total. The first kappa shape index (κ1) is 17.9. The van der Waals surface area contributed by atoms with Crippen LogP contribution in [0.15, 0.2) is 0 Å². The predicted octanol–water partition coefficient (Wildman–Crippen LogP) is 0.197. The van der Waals surface area contributed by atoms with Gasteiger partial charge in [-0.25, -0.2) is 4.79 Å². The maximum absolute atomic E-state index is 12.2. The summed E-state index contributed by atoms with van der Waals surface area (Å²) in [5, 5.41) is 28.9. The maximum Gasteiger partial charge on any atom is 0.354 e. The molecule has 1 aliphatic heterocycles. The molecule has 1 heterocycles. The van der Waals surface area contributed by atoms with E-state index in [1.54, 1.807) is 0 Å². The average Bonchev–Trinajstić information content (AvgIpc) is 2.43. The second-order valence-corrected chi connectivity index (χ2v) is 5.09. The molecule has 22 heavy (non-hydrogen) atoms. The van der Waals surface area contributed by atoms with Crippen molar-refractivity contribution in [2.45, 2.75) is 32.6 Å². The zero-order valence-electron chi connectivity index (χ0n) is 12.2. The number of carboxylic acids is 3. The Balaban J connectivity index is 3.17. The third-order valence-electron chi connectivity index (χ3n) is 3.75. The van der Waals surface area contributed by atoms with Gasteiger partial charge in [0.05, 0.1) is 5.92 Å². The molecule has 3 N–H and O–H groups in total. The van der Waals surface area contributed by atoms with Crippen molar-refractivity contribution in [1.29, 1.82) is 0 Å². The first-order chi connectivity index (χ1) is 10.3. The Hall–Kier alpha value is -2.16. The van der Waals surface area contributed by atoms with Crippen molar-refractivity contribution >= 4 is 23.9 Å². The number of aliphatic carboxylic acids is 3. The molecule has 1 unspecified atom stereocenters. The number of nitrogens with zero attached hydrogens (tertiary/aromatic N) is 1. The number of rotatable bonds is 7. The van der Waals surface area contributed by atoms with Crippen LogP contribution >= 0.6 is 0 Å². The third kappa shape index (κ3) is 3.19. The van der Waals surface area contributed by atoms with E-state index < -0.39 is 35.2 Å². The van der Waals surface area contributed by atoms with Crippen LogP contribution in [0.2, 0.25) is 0 Å². The van der Waals surface area contributed by atoms with Gasteiger partial charge in [0.25, 0.3) is 5.41 Å². The Labute approximate surface area is 126 Å². The molecule has 1 rings (SSSR count). The van der Waals surface area contributed by atoms with E-state index in [4.69, 9.17) is 9.94 Å². The van der Waals surface area contributed by atoms with Gasteiger partial charge in [-0.15, -0.1) is 5.06 Å². The van der Waals surface area contributed by atoms with E-state index >= 15 is 0 Å². The van der Waals surface area contributed by atoms with Crippen LogP contribution in [-0.4, -0.2) is 57.3 Å². The fourth-order valence-corrected chi connectivity index (χ4v) is 2.52. The molecule has 0 radical (unpaired) electrons. The number of hydrogen-bond acceptors (Lipinski definition) is 6. The quantitative estimate of drug-likeness (QED) is 0.561. The molecule has 124 valence electrons. The summed E-state index contributed by atoms with van der Waals surface area (Å²) >= 11 is 0. The van der Waals surface area contributed by atoms with Crippen molar-refractivity contribution in [3.63, 3.8) is 0 Å². The summed E-state index contributed by atoms with van der Waals surface area (Å²) in [6.07, 6.45) is 2.01. The van der Waals surface area contributed by atoms with Crippen molar-refractivity contribution in [1.82, 2.24) is 5.06 Å². The summed E-state index contributed by atoms with van der Waals surface area (Å²) in [5.41, 5.74) is -3.17. The highest BCUT2D eigenvalue weighted by atomic mass is 16.7. The summed E-state index contributed by atoms with van der Waals surface area (Å²) < 4.78 is 0. The molecule has 0 bridgehead atoms. The second kappa shape index (κ2) is 7.21. The van der Waals surface area contributed by atoms with Crippen molar-refractivity contribution in [2.75, 3.05) is 13.1 Å². The van der Waals surface area contributed by atoms with Crippen LogP contribution < -0.4 is 0 Å². The van der Waals surface area contributed by atoms with Gasteiger partial charge >= 0.3 is 23.9 Å². The Morgan fingerprint density at radius 1 is 1.05 bits per heavy atom. The molecule has 0 aromatic rings. The van der Waals surface area contributed by atoms with Gasteiger partial charge in [0, 0.05) is 13.1 Å². The van der Waals surface area contributed by atoms with Crippen molar-refractivity contribution in [3.05, 3.63) is 0 Å². The Morgan fingerprint density at radius 3 is 1.91 bits per heavy atom. The predicted molar refractivity (Wildman–Crippen MR) is 70.6 cm³/mol. The van der Waals surface area contributed by atoms with E-state index in [9.17, 15) is 29.4 Å². The standard InChI is InChI=1S/C13H19NO8/c1-2-8(9(15)16)13(10(17)18,11(19)20)12(21)22-14-6-4-3-5-7-14/h8H,2-7H2,1H3,(H,15,16)(H,17,18)(H,19,20). The van der Waals surface area contributed by atoms with Crippen LogP contribution in [0.4, 0.5) is 0 Å². The highest BCUT2D eigenvalue weighted by molar-refractivity contribution is 6.19. The van der Waals surface area contributed by atoms with E-state index in [1.165, 1.54) is 12.0 Å². The minimum absolute atomic E-state index is 0.344. The fourth-order valence-electron chi connectivity index (χ4n) is 2.52. The monoisotopic (exact) mass is 317 g/mol. The van der Waals surface area contributed by atoms with Gasteiger partial charge in [-0.1, -0.05) is 13.3 Å². The summed E-state index contributed by atoms with van der Waals surface area (Å²) in [4.78, 5) is 51.3. The average molecular weight is 317 g/mol. The maximum atomic E-state index is 12.2. The first-order valence-corrected chi connectivity index (χ1v) is 6.95. The number of carbonyl (C=O) groups excluding carboxylic acids is 1. The minimum atomic E-state index is -3.17. The van der Waals surface area contributed by atoms with Crippen LogP contribution in [-0.2, 0) is 24.0 Å². The second-order valence-electron chi connectivity index (χ2n) is 5.09. The normalized spacial score (nSPS) is 17.5. The first-order valence-electron chi connectivity index (χ1n) is 6.95. The number of hydroxylamine groups is 2. The van der Waals surface area contributed by atoms with Gasteiger partial charge in [0.2, 0.25) is 0 Å². The van der Waals surface area contributed by atoms with Crippen molar-refractivity contribution < 1.29 is 39.3 Å². The van der Waals surface area contributed by atoms with Gasteiger partial charge in [0.1, 0.15) is 0 Å². The number of carbonyl (C=O) groups is 4. The SMILES string of the molecule is CCC(C(=O)O)C(C(=O)O)(C(=O)O)C(=O)ON1CCCCC1. The smallest absolute Gasteiger partial charge is 0.354 e. The topological polar surface area (TPSA) is 141 Å². The number of carboxylic acid groups (broad SMARTS) is 3. The Kier molecular flexibility index (Phi) is 5.86. The van der Waals surface area contributed by atoms with E-state index in [0.717, 1.165) is 19.3 Å². The van der Waals surface area contributed by atoms with E-state index in [2.05, 4.69) is 0 Å². The van der Waals surface area contributed by atoms with Crippen molar-refractivity contribution in [3.8, 4) is 0 Å². The molecule has 0 amide bonds. The molecule has 0 aromatic carbocycles. The van der Waals surface area contributed by atoms with Gasteiger partial charge < -0.3 is 20.2 Å². The largest absolute Gasteiger partial charge is 0.481 e. The van der Waals surface area contributed by atoms with E-state index in [-0.39, 0.29) is 6.42 Å². The summed E-state index contributed by atoms with van der Waals surface area (Å²) in [6, 6.07) is 0. The fraction of sp³-hybridized carbons (Fsp3) is 0.692. The lowest BCUT2D eigenvalue weighted by Crippen LogP contribution is -2.56. The molecule has 0 aromatic heterocycles. The molecule has 1 aliphatic rings. The lowest BCUT2D eigenvalue weighted by molar-refractivity contribution is -0.217. The van der Waals surface area contributed by atoms with Gasteiger partial charge in [-0.3, -0.25) is 14.4 Å². The Bertz CT molecular complexity index is 455. The molecule has 1 fully saturated rings. The van der Waals surface area contributed by atoms with Crippen LogP contribution in [0.1, 0.15) is 32.6 Å². The molecule has 0 spiro atoms. The Morgan fingerprint density at radius 2 is 1.55 bits per heavy atom. The summed E-state index contributed by atoms with van der Waals surface area (Å²) in [5.74, 6) is -9.28. The van der Waals surface area contributed by atoms with E-state index in [0.29, 0.717) is 13.1 Å².